The van der Waals surface area contributed by atoms with Crippen LogP contribution < -0.4 is 5.32 Å². The predicted octanol–water partition coefficient (Wildman–Crippen LogP) is 5.78. The first kappa shape index (κ1) is 22.5. The number of hydrogen-bond donors (Lipinski definition) is 1. The lowest BCUT2D eigenvalue weighted by molar-refractivity contribution is 0.0949. The van der Waals surface area contributed by atoms with Gasteiger partial charge in [0.25, 0.3) is 5.91 Å². The summed E-state index contributed by atoms with van der Waals surface area (Å²) in [6.45, 7) is 4.71. The number of rotatable bonds is 8. The number of carbonyl (C=O) groups excluding carboxylic acids is 1. The molecule has 0 bridgehead atoms. The monoisotopic (exact) mass is 483 g/mol. The van der Waals surface area contributed by atoms with Gasteiger partial charge in [0.05, 0.1) is 10.8 Å². The number of carbonyl (C=O) groups is 1. The quantitative estimate of drug-likeness (QED) is 0.321. The van der Waals surface area contributed by atoms with Gasteiger partial charge in [0, 0.05) is 23.2 Å². The van der Waals surface area contributed by atoms with Crippen molar-refractivity contribution in [2.75, 3.05) is 6.54 Å². The Labute approximate surface area is 200 Å². The first-order chi connectivity index (χ1) is 15.6. The summed E-state index contributed by atoms with van der Waals surface area (Å²) in [5.41, 5.74) is 3.40. The van der Waals surface area contributed by atoms with Crippen LogP contribution >= 0.6 is 34.7 Å². The molecular weight excluding hydrogens is 462 g/mol. The second-order valence-electron chi connectivity index (χ2n) is 7.13. The van der Waals surface area contributed by atoms with Crippen LogP contribution in [0.15, 0.2) is 59.1 Å². The zero-order valence-electron chi connectivity index (χ0n) is 17.7. The summed E-state index contributed by atoms with van der Waals surface area (Å²) in [5.74, 6) is 1.13. The molecule has 0 radical (unpaired) electrons. The molecule has 0 aliphatic rings. The molecular formula is C23H22ClN5OS2. The summed E-state index contributed by atoms with van der Waals surface area (Å²) < 4.78 is 2.01. The van der Waals surface area contributed by atoms with Gasteiger partial charge in [-0.05, 0) is 37.6 Å². The van der Waals surface area contributed by atoms with Crippen molar-refractivity contribution in [2.45, 2.75) is 31.2 Å². The molecule has 2 heterocycles. The van der Waals surface area contributed by atoms with Gasteiger partial charge in [0.15, 0.2) is 11.0 Å². The third kappa shape index (κ3) is 5.03. The van der Waals surface area contributed by atoms with E-state index < -0.39 is 0 Å². The smallest absolute Gasteiger partial charge is 0.270 e. The fraction of sp³-hybridized carbons (Fsp3) is 0.217. The third-order valence-electron chi connectivity index (χ3n) is 4.68. The van der Waals surface area contributed by atoms with Gasteiger partial charge < -0.3 is 5.32 Å². The number of thioether (sulfide) groups is 1. The minimum Gasteiger partial charge on any atom is -0.351 e. The fourth-order valence-corrected chi connectivity index (χ4v) is 5.01. The van der Waals surface area contributed by atoms with Crippen molar-refractivity contribution in [3.63, 3.8) is 0 Å². The lowest BCUT2D eigenvalue weighted by Crippen LogP contribution is -2.24. The number of halogens is 1. The molecule has 9 heteroatoms. The van der Waals surface area contributed by atoms with E-state index in [-0.39, 0.29) is 5.91 Å². The third-order valence-corrected chi connectivity index (χ3v) is 6.99. The highest BCUT2D eigenvalue weighted by molar-refractivity contribution is 7.98. The molecule has 6 nitrogen and oxygen atoms in total. The zero-order valence-corrected chi connectivity index (χ0v) is 20.1. The molecule has 0 unspecified atom stereocenters. The van der Waals surface area contributed by atoms with E-state index >= 15 is 0 Å². The van der Waals surface area contributed by atoms with Crippen molar-refractivity contribution < 1.29 is 4.79 Å². The molecule has 4 aromatic rings. The number of thiazole rings is 1. The first-order valence-corrected chi connectivity index (χ1v) is 12.4. The normalized spacial score (nSPS) is 11.0. The van der Waals surface area contributed by atoms with Gasteiger partial charge in [-0.3, -0.25) is 9.36 Å². The van der Waals surface area contributed by atoms with Crippen molar-refractivity contribution in [3.8, 4) is 17.1 Å². The standard InChI is InChI=1S/C23H22ClN5OS2/c1-3-12-25-22(30)19-13-31-20(26-19)14-32-23-28-27-21(17-6-4-5-7-18(17)24)29(23)16-10-8-15(2)9-11-16/h4-11,13H,3,12,14H2,1-2H3,(H,25,30). The average molecular weight is 484 g/mol. The molecule has 1 N–H and O–H groups in total. The van der Waals surface area contributed by atoms with Crippen molar-refractivity contribution in [3.05, 3.63) is 75.2 Å². The molecule has 0 saturated heterocycles. The van der Waals surface area contributed by atoms with Crippen molar-refractivity contribution >= 4 is 40.6 Å². The van der Waals surface area contributed by atoms with Crippen LogP contribution in [-0.4, -0.2) is 32.2 Å². The predicted molar refractivity (Wildman–Crippen MR) is 131 cm³/mol. The van der Waals surface area contributed by atoms with Crippen molar-refractivity contribution in [1.82, 2.24) is 25.1 Å². The van der Waals surface area contributed by atoms with Crippen LogP contribution in [0, 0.1) is 6.92 Å². The maximum atomic E-state index is 12.1. The highest BCUT2D eigenvalue weighted by Crippen LogP contribution is 2.33. The van der Waals surface area contributed by atoms with Gasteiger partial charge in [0.1, 0.15) is 10.7 Å². The summed E-state index contributed by atoms with van der Waals surface area (Å²) in [7, 11) is 0. The van der Waals surface area contributed by atoms with E-state index in [1.165, 1.54) is 28.7 Å². The number of benzene rings is 2. The second kappa shape index (κ2) is 10.3. The summed E-state index contributed by atoms with van der Waals surface area (Å²) >= 11 is 9.45. The lowest BCUT2D eigenvalue weighted by atomic mass is 10.2. The molecule has 0 spiro atoms. The van der Waals surface area contributed by atoms with Gasteiger partial charge in [-0.15, -0.1) is 21.5 Å². The molecule has 0 aliphatic carbocycles. The fourth-order valence-electron chi connectivity index (χ4n) is 3.04. The molecule has 0 aliphatic heterocycles. The van der Waals surface area contributed by atoms with Crippen LogP contribution in [0.25, 0.3) is 17.1 Å². The first-order valence-electron chi connectivity index (χ1n) is 10.2. The van der Waals surface area contributed by atoms with Crippen molar-refractivity contribution in [2.24, 2.45) is 0 Å². The summed E-state index contributed by atoms with van der Waals surface area (Å²) in [6, 6.07) is 15.8. The molecule has 164 valence electrons. The average Bonchev–Trinajstić information content (AvgIpc) is 3.44. The lowest BCUT2D eigenvalue weighted by Gasteiger charge is -2.11. The Balaban J connectivity index is 1.62. The van der Waals surface area contributed by atoms with Crippen LogP contribution in [0.3, 0.4) is 0 Å². The Bertz CT molecular complexity index is 1220. The van der Waals surface area contributed by atoms with E-state index in [4.69, 9.17) is 11.6 Å². The van der Waals surface area contributed by atoms with Crippen molar-refractivity contribution in [1.29, 1.82) is 0 Å². The molecule has 1 amide bonds. The maximum Gasteiger partial charge on any atom is 0.270 e. The molecule has 0 fully saturated rings. The SMILES string of the molecule is CCCNC(=O)c1csc(CSc2nnc(-c3ccccc3Cl)n2-c2ccc(C)cc2)n1. The minimum absolute atomic E-state index is 0.136. The molecule has 2 aromatic heterocycles. The van der Waals surface area contributed by atoms with Gasteiger partial charge in [-0.2, -0.15) is 0 Å². The Kier molecular flexibility index (Phi) is 7.24. The summed E-state index contributed by atoms with van der Waals surface area (Å²) in [4.78, 5) is 16.6. The number of aryl methyl sites for hydroxylation is 1. The van der Waals surface area contributed by atoms with E-state index in [2.05, 4.69) is 39.6 Å². The van der Waals surface area contributed by atoms with Crippen LogP contribution in [0.1, 0.15) is 34.4 Å². The van der Waals surface area contributed by atoms with E-state index in [9.17, 15) is 4.79 Å². The van der Waals surface area contributed by atoms with E-state index in [0.717, 1.165) is 27.8 Å². The van der Waals surface area contributed by atoms with Gasteiger partial charge in [-0.25, -0.2) is 4.98 Å². The largest absolute Gasteiger partial charge is 0.351 e. The number of hydrogen-bond acceptors (Lipinski definition) is 6. The second-order valence-corrected chi connectivity index (χ2v) is 9.42. The number of aromatic nitrogens is 4. The molecule has 2 aromatic carbocycles. The van der Waals surface area contributed by atoms with Crippen LogP contribution in [0.2, 0.25) is 5.02 Å². The Morgan fingerprint density at radius 1 is 1.16 bits per heavy atom. The molecule has 0 atom stereocenters. The molecule has 0 saturated carbocycles. The zero-order chi connectivity index (χ0) is 22.5. The Morgan fingerprint density at radius 3 is 2.69 bits per heavy atom. The van der Waals surface area contributed by atoms with Crippen LogP contribution in [0.4, 0.5) is 0 Å². The topological polar surface area (TPSA) is 72.7 Å². The highest BCUT2D eigenvalue weighted by atomic mass is 35.5. The number of amides is 1. The molecule has 4 rings (SSSR count). The summed E-state index contributed by atoms with van der Waals surface area (Å²) in [5, 5.41) is 15.8. The van der Waals surface area contributed by atoms with E-state index in [0.29, 0.717) is 28.8 Å². The van der Waals surface area contributed by atoms with Crippen LogP contribution in [-0.2, 0) is 5.75 Å². The highest BCUT2D eigenvalue weighted by Gasteiger charge is 2.19. The van der Waals surface area contributed by atoms with Gasteiger partial charge >= 0.3 is 0 Å². The van der Waals surface area contributed by atoms with Gasteiger partial charge in [0.2, 0.25) is 0 Å². The minimum atomic E-state index is -0.136. The number of nitrogens with zero attached hydrogens (tertiary/aromatic N) is 4. The van der Waals surface area contributed by atoms with E-state index in [1.54, 1.807) is 5.38 Å². The maximum absolute atomic E-state index is 12.1. The number of nitrogens with one attached hydrogen (secondary N) is 1. The molecule has 32 heavy (non-hydrogen) atoms. The van der Waals surface area contributed by atoms with Crippen LogP contribution in [0.5, 0.6) is 0 Å². The Hall–Kier alpha value is -2.68. The van der Waals surface area contributed by atoms with Gasteiger partial charge in [-0.1, -0.05) is 60.1 Å². The summed E-state index contributed by atoms with van der Waals surface area (Å²) in [6.07, 6.45) is 0.890. The Morgan fingerprint density at radius 2 is 1.94 bits per heavy atom. The van der Waals surface area contributed by atoms with E-state index in [1.807, 2.05) is 47.9 Å².